The van der Waals surface area contributed by atoms with Crippen molar-refractivity contribution in [3.05, 3.63) is 87.7 Å². The number of hydrogen-bond donors (Lipinski definition) is 0. The molecule has 0 bridgehead atoms. The number of imidazole rings is 1. The largest absolute Gasteiger partial charge is 0.330 e. The molecular formula is C22H23Cl2FN4O. The molecule has 0 saturated carbocycles. The van der Waals surface area contributed by atoms with Gasteiger partial charge in [0.05, 0.1) is 13.1 Å². The van der Waals surface area contributed by atoms with E-state index in [1.54, 1.807) is 29.3 Å². The molecule has 1 heterocycles. The second-order valence-electron chi connectivity index (χ2n) is 7.25. The van der Waals surface area contributed by atoms with E-state index in [9.17, 15) is 9.18 Å². The average molecular weight is 449 g/mol. The van der Waals surface area contributed by atoms with Gasteiger partial charge < -0.3 is 14.4 Å². The Balaban J connectivity index is 1.82. The Bertz CT molecular complexity index is 1020. The Labute approximate surface area is 185 Å². The molecule has 0 spiro atoms. The van der Waals surface area contributed by atoms with Crippen molar-refractivity contribution in [1.29, 1.82) is 0 Å². The molecule has 0 aliphatic rings. The molecule has 2 aromatic carbocycles. The lowest BCUT2D eigenvalue weighted by molar-refractivity contribution is 0.0725. The molecule has 3 aromatic rings. The highest BCUT2D eigenvalue weighted by Crippen LogP contribution is 2.22. The molecule has 158 valence electrons. The predicted molar refractivity (Wildman–Crippen MR) is 117 cm³/mol. The van der Waals surface area contributed by atoms with E-state index in [1.807, 2.05) is 35.8 Å². The van der Waals surface area contributed by atoms with Crippen LogP contribution in [0.15, 0.2) is 54.9 Å². The number of rotatable bonds is 8. The van der Waals surface area contributed by atoms with Crippen LogP contribution >= 0.6 is 23.2 Å². The van der Waals surface area contributed by atoms with Crippen molar-refractivity contribution < 1.29 is 9.18 Å². The number of hydrogen-bond acceptors (Lipinski definition) is 3. The first kappa shape index (κ1) is 22.3. The Morgan fingerprint density at radius 1 is 1.13 bits per heavy atom. The summed E-state index contributed by atoms with van der Waals surface area (Å²) in [5.41, 5.74) is 1.21. The van der Waals surface area contributed by atoms with Crippen molar-refractivity contribution in [3.8, 4) is 0 Å². The van der Waals surface area contributed by atoms with Crippen LogP contribution in [0.25, 0.3) is 0 Å². The number of halogens is 3. The average Bonchev–Trinajstić information content (AvgIpc) is 3.13. The van der Waals surface area contributed by atoms with Crippen LogP contribution in [-0.2, 0) is 13.1 Å². The third-order valence-corrected chi connectivity index (χ3v) is 5.25. The van der Waals surface area contributed by atoms with Crippen LogP contribution in [0.1, 0.15) is 21.7 Å². The van der Waals surface area contributed by atoms with Crippen molar-refractivity contribution in [2.24, 2.45) is 0 Å². The predicted octanol–water partition coefficient (Wildman–Crippen LogP) is 4.58. The molecule has 0 aliphatic carbocycles. The van der Waals surface area contributed by atoms with Gasteiger partial charge in [-0.2, -0.15) is 0 Å². The maximum Gasteiger partial charge on any atom is 0.254 e. The van der Waals surface area contributed by atoms with Gasteiger partial charge >= 0.3 is 0 Å². The summed E-state index contributed by atoms with van der Waals surface area (Å²) in [6.45, 7) is 1.95. The number of amides is 1. The van der Waals surface area contributed by atoms with E-state index < -0.39 is 5.82 Å². The lowest BCUT2D eigenvalue weighted by atomic mass is 10.2. The Morgan fingerprint density at radius 3 is 2.63 bits per heavy atom. The summed E-state index contributed by atoms with van der Waals surface area (Å²) in [6, 6.07) is 11.1. The summed E-state index contributed by atoms with van der Waals surface area (Å²) in [4.78, 5) is 21.2. The zero-order valence-electron chi connectivity index (χ0n) is 16.9. The van der Waals surface area contributed by atoms with E-state index in [0.717, 1.165) is 5.56 Å². The maximum atomic E-state index is 13.6. The van der Waals surface area contributed by atoms with Crippen molar-refractivity contribution in [2.45, 2.75) is 13.1 Å². The first-order valence-corrected chi connectivity index (χ1v) is 10.2. The molecule has 5 nitrogen and oxygen atoms in total. The molecule has 0 N–H and O–H groups in total. The van der Waals surface area contributed by atoms with Crippen molar-refractivity contribution in [1.82, 2.24) is 19.4 Å². The highest BCUT2D eigenvalue weighted by Gasteiger charge is 2.19. The second kappa shape index (κ2) is 10.1. The van der Waals surface area contributed by atoms with Crippen molar-refractivity contribution in [2.75, 3.05) is 27.2 Å². The molecule has 0 atom stereocenters. The Hall–Kier alpha value is -2.41. The highest BCUT2D eigenvalue weighted by atomic mass is 35.5. The minimum atomic E-state index is -0.438. The third-order valence-electron chi connectivity index (χ3n) is 4.67. The monoisotopic (exact) mass is 448 g/mol. The molecule has 0 radical (unpaired) electrons. The number of carbonyl (C=O) groups excluding carboxylic acids is 1. The summed E-state index contributed by atoms with van der Waals surface area (Å²) in [5.74, 6) is 0.0345. The van der Waals surface area contributed by atoms with Gasteiger partial charge in [0.1, 0.15) is 11.6 Å². The van der Waals surface area contributed by atoms with E-state index in [0.29, 0.717) is 47.6 Å². The van der Waals surface area contributed by atoms with E-state index in [2.05, 4.69) is 4.98 Å². The van der Waals surface area contributed by atoms with E-state index in [1.165, 1.54) is 18.2 Å². The van der Waals surface area contributed by atoms with Crippen LogP contribution in [-0.4, -0.2) is 52.4 Å². The summed E-state index contributed by atoms with van der Waals surface area (Å²) in [6.07, 6.45) is 3.53. The van der Waals surface area contributed by atoms with Crippen molar-refractivity contribution in [3.63, 3.8) is 0 Å². The number of aromatic nitrogens is 2. The first-order chi connectivity index (χ1) is 14.3. The number of nitrogens with zero attached hydrogens (tertiary/aromatic N) is 4. The summed E-state index contributed by atoms with van der Waals surface area (Å²) < 4.78 is 15.6. The second-order valence-corrected chi connectivity index (χ2v) is 8.09. The fraction of sp³-hybridized carbons (Fsp3) is 0.273. The van der Waals surface area contributed by atoms with Gasteiger partial charge in [-0.1, -0.05) is 35.3 Å². The summed E-state index contributed by atoms with van der Waals surface area (Å²) >= 11 is 12.3. The van der Waals surface area contributed by atoms with Gasteiger partial charge in [0.15, 0.2) is 0 Å². The van der Waals surface area contributed by atoms with Crippen LogP contribution in [0.3, 0.4) is 0 Å². The molecule has 30 heavy (non-hydrogen) atoms. The molecular weight excluding hydrogens is 426 g/mol. The number of likely N-dealkylation sites (N-methyl/N-ethyl adjacent to an activating group) is 1. The molecule has 3 rings (SSSR count). The van der Waals surface area contributed by atoms with Gasteiger partial charge in [0, 0.05) is 41.1 Å². The molecule has 1 amide bonds. The summed E-state index contributed by atoms with van der Waals surface area (Å²) in [7, 11) is 3.88. The van der Waals surface area contributed by atoms with Gasteiger partial charge in [-0.15, -0.1) is 0 Å². The first-order valence-electron chi connectivity index (χ1n) is 9.47. The van der Waals surface area contributed by atoms with E-state index in [-0.39, 0.29) is 5.91 Å². The zero-order valence-corrected chi connectivity index (χ0v) is 18.4. The molecule has 1 aromatic heterocycles. The smallest absolute Gasteiger partial charge is 0.254 e. The zero-order chi connectivity index (χ0) is 21.7. The fourth-order valence-corrected chi connectivity index (χ4v) is 3.49. The SMILES string of the molecule is CN(C)CCN(Cc1nccn1Cc1ccc(Cl)cc1Cl)C(=O)c1cccc(F)c1. The van der Waals surface area contributed by atoms with Gasteiger partial charge in [-0.05, 0) is 50.0 Å². The lowest BCUT2D eigenvalue weighted by Crippen LogP contribution is -2.37. The fourth-order valence-electron chi connectivity index (χ4n) is 3.02. The Morgan fingerprint density at radius 2 is 1.93 bits per heavy atom. The van der Waals surface area contributed by atoms with Crippen LogP contribution in [0.2, 0.25) is 10.0 Å². The third kappa shape index (κ3) is 5.81. The molecule has 0 unspecified atom stereocenters. The van der Waals surface area contributed by atoms with Crippen LogP contribution in [0.4, 0.5) is 4.39 Å². The number of carbonyl (C=O) groups is 1. The molecule has 0 aliphatic heterocycles. The van der Waals surface area contributed by atoms with Gasteiger partial charge in [-0.25, -0.2) is 9.37 Å². The highest BCUT2D eigenvalue weighted by molar-refractivity contribution is 6.35. The number of benzene rings is 2. The van der Waals surface area contributed by atoms with Crippen LogP contribution in [0, 0.1) is 5.82 Å². The Kier molecular flexibility index (Phi) is 7.48. The van der Waals surface area contributed by atoms with E-state index in [4.69, 9.17) is 23.2 Å². The minimum absolute atomic E-state index is 0.240. The molecule has 8 heteroatoms. The quantitative estimate of drug-likeness (QED) is 0.506. The van der Waals surface area contributed by atoms with Crippen LogP contribution < -0.4 is 0 Å². The minimum Gasteiger partial charge on any atom is -0.330 e. The summed E-state index contributed by atoms with van der Waals surface area (Å²) in [5, 5.41) is 1.15. The normalized spacial score (nSPS) is 11.1. The molecule has 0 fully saturated rings. The lowest BCUT2D eigenvalue weighted by Gasteiger charge is -2.25. The topological polar surface area (TPSA) is 41.4 Å². The maximum absolute atomic E-state index is 13.6. The molecule has 0 saturated heterocycles. The van der Waals surface area contributed by atoms with Gasteiger partial charge in [0.25, 0.3) is 5.91 Å². The van der Waals surface area contributed by atoms with Gasteiger partial charge in [-0.3, -0.25) is 4.79 Å². The van der Waals surface area contributed by atoms with Gasteiger partial charge in [0.2, 0.25) is 0 Å². The standard InChI is InChI=1S/C22H23Cl2FN4O/c1-27(2)10-11-29(22(30)16-4-3-5-19(25)12-16)15-21-26-8-9-28(21)14-17-6-7-18(23)13-20(17)24/h3-9,12-13H,10-11,14-15H2,1-2H3. The van der Waals surface area contributed by atoms with E-state index >= 15 is 0 Å². The van der Waals surface area contributed by atoms with Crippen LogP contribution in [0.5, 0.6) is 0 Å². The van der Waals surface area contributed by atoms with Crippen molar-refractivity contribution >= 4 is 29.1 Å².